The Labute approximate surface area is 244 Å². The smallest absolute Gasteiger partial charge is 0.408 e. The molecule has 7 heteroatoms. The van der Waals surface area contributed by atoms with Gasteiger partial charge in [-0.25, -0.2) is 4.79 Å². The van der Waals surface area contributed by atoms with Gasteiger partial charge in [-0.3, -0.25) is 9.59 Å². The predicted octanol–water partition coefficient (Wildman–Crippen LogP) is 7.31. The van der Waals surface area contributed by atoms with Gasteiger partial charge in [-0.2, -0.15) is 0 Å². The molecule has 0 heterocycles. The highest BCUT2D eigenvalue weighted by Crippen LogP contribution is 2.30. The molecule has 0 radical (unpaired) electrons. The van der Waals surface area contributed by atoms with Crippen molar-refractivity contribution in [2.45, 2.75) is 85.9 Å². The number of hydrogen-bond donors (Lipinski definition) is 2. The summed E-state index contributed by atoms with van der Waals surface area (Å²) in [6, 6.07) is 17.9. The van der Waals surface area contributed by atoms with Crippen LogP contribution in [0.3, 0.4) is 0 Å². The number of carbonyl (C=O) groups is 3. The van der Waals surface area contributed by atoms with E-state index in [1.54, 1.807) is 25.7 Å². The standard InChI is InChI=1S/C34H45N3O4/c1-9-10-19-37(32(39)29(22(2)3)36-33(40)41-34(6,7)8)30(28-20-23(4)15-16-24(28)5)31(38)35-27-18-17-25-13-11-12-14-26(25)21-27/h11-18,20-22,29-30H,9-10,19H2,1-8H3,(H,35,38)(H,36,40). The summed E-state index contributed by atoms with van der Waals surface area (Å²) < 4.78 is 5.47. The van der Waals surface area contributed by atoms with E-state index in [4.69, 9.17) is 4.74 Å². The van der Waals surface area contributed by atoms with Gasteiger partial charge in [0.2, 0.25) is 5.91 Å². The fourth-order valence-electron chi connectivity index (χ4n) is 4.80. The quantitative estimate of drug-likeness (QED) is 0.273. The molecule has 3 aromatic carbocycles. The van der Waals surface area contributed by atoms with Gasteiger partial charge in [0, 0.05) is 12.2 Å². The van der Waals surface area contributed by atoms with Crippen LogP contribution in [-0.2, 0) is 14.3 Å². The van der Waals surface area contributed by atoms with Crippen molar-refractivity contribution in [3.63, 3.8) is 0 Å². The number of nitrogens with one attached hydrogen (secondary N) is 2. The van der Waals surface area contributed by atoms with E-state index in [9.17, 15) is 14.4 Å². The number of aryl methyl sites for hydroxylation is 2. The van der Waals surface area contributed by atoms with Crippen LogP contribution < -0.4 is 10.6 Å². The maximum Gasteiger partial charge on any atom is 0.408 e. The fraction of sp³-hybridized carbons (Fsp3) is 0.441. The van der Waals surface area contributed by atoms with Crippen molar-refractivity contribution in [1.29, 1.82) is 0 Å². The highest BCUT2D eigenvalue weighted by Gasteiger charge is 2.38. The first-order valence-electron chi connectivity index (χ1n) is 14.5. The number of anilines is 1. The Balaban J connectivity index is 2.06. The molecule has 3 aromatic rings. The average molecular weight is 560 g/mol. The van der Waals surface area contributed by atoms with E-state index in [0.29, 0.717) is 18.7 Å². The number of rotatable bonds is 10. The predicted molar refractivity (Wildman–Crippen MR) is 166 cm³/mol. The molecule has 0 fully saturated rings. The lowest BCUT2D eigenvalue weighted by Gasteiger charge is -2.36. The number of amides is 3. The van der Waals surface area contributed by atoms with Gasteiger partial charge in [-0.05, 0) is 81.0 Å². The van der Waals surface area contributed by atoms with Crippen LogP contribution in [0.15, 0.2) is 60.7 Å². The van der Waals surface area contributed by atoms with Crippen molar-refractivity contribution in [1.82, 2.24) is 10.2 Å². The molecule has 0 aromatic heterocycles. The van der Waals surface area contributed by atoms with Gasteiger partial charge in [-0.1, -0.05) is 81.3 Å². The summed E-state index contributed by atoms with van der Waals surface area (Å²) in [6.45, 7) is 15.4. The van der Waals surface area contributed by atoms with Crippen molar-refractivity contribution in [3.05, 3.63) is 77.4 Å². The zero-order valence-electron chi connectivity index (χ0n) is 25.7. The van der Waals surface area contributed by atoms with Gasteiger partial charge >= 0.3 is 6.09 Å². The molecule has 0 aliphatic carbocycles. The first-order chi connectivity index (χ1) is 19.3. The molecule has 41 heavy (non-hydrogen) atoms. The highest BCUT2D eigenvalue weighted by molar-refractivity contribution is 6.00. The first kappa shape index (κ1) is 31.7. The molecule has 0 saturated carbocycles. The molecule has 2 atom stereocenters. The summed E-state index contributed by atoms with van der Waals surface area (Å²) in [5, 5.41) is 7.95. The van der Waals surface area contributed by atoms with Crippen LogP contribution in [0.5, 0.6) is 0 Å². The van der Waals surface area contributed by atoms with Gasteiger partial charge in [0.25, 0.3) is 5.91 Å². The molecule has 7 nitrogen and oxygen atoms in total. The fourth-order valence-corrected chi connectivity index (χ4v) is 4.80. The van der Waals surface area contributed by atoms with Crippen LogP contribution in [0.25, 0.3) is 10.8 Å². The third kappa shape index (κ3) is 8.56. The number of ether oxygens (including phenoxy) is 1. The molecule has 3 rings (SSSR count). The molecule has 220 valence electrons. The van der Waals surface area contributed by atoms with Crippen LogP contribution >= 0.6 is 0 Å². The largest absolute Gasteiger partial charge is 0.444 e. The van der Waals surface area contributed by atoms with Gasteiger partial charge in [0.05, 0.1) is 0 Å². The summed E-state index contributed by atoms with van der Waals surface area (Å²) >= 11 is 0. The van der Waals surface area contributed by atoms with Crippen LogP contribution in [0.2, 0.25) is 0 Å². The lowest BCUT2D eigenvalue weighted by atomic mass is 9.94. The van der Waals surface area contributed by atoms with Crippen LogP contribution in [0.4, 0.5) is 10.5 Å². The monoisotopic (exact) mass is 559 g/mol. The summed E-state index contributed by atoms with van der Waals surface area (Å²) in [7, 11) is 0. The molecular weight excluding hydrogens is 514 g/mol. The van der Waals surface area contributed by atoms with Gasteiger partial charge in [0.1, 0.15) is 17.7 Å². The van der Waals surface area contributed by atoms with Crippen LogP contribution in [0, 0.1) is 19.8 Å². The van der Waals surface area contributed by atoms with Crippen molar-refractivity contribution in [2.75, 3.05) is 11.9 Å². The zero-order chi connectivity index (χ0) is 30.3. The van der Waals surface area contributed by atoms with Crippen LogP contribution in [-0.4, -0.2) is 41.0 Å². The normalized spacial score (nSPS) is 13.0. The second-order valence-electron chi connectivity index (χ2n) is 12.1. The zero-order valence-corrected chi connectivity index (χ0v) is 25.7. The number of benzene rings is 3. The third-order valence-electron chi connectivity index (χ3n) is 6.95. The Morgan fingerprint density at radius 2 is 1.61 bits per heavy atom. The van der Waals surface area contributed by atoms with E-state index in [0.717, 1.165) is 33.9 Å². The van der Waals surface area contributed by atoms with Crippen molar-refractivity contribution < 1.29 is 19.1 Å². The molecule has 0 spiro atoms. The highest BCUT2D eigenvalue weighted by atomic mass is 16.6. The van der Waals surface area contributed by atoms with Crippen LogP contribution in [0.1, 0.15) is 77.1 Å². The lowest BCUT2D eigenvalue weighted by molar-refractivity contribution is -0.141. The Morgan fingerprint density at radius 1 is 0.927 bits per heavy atom. The van der Waals surface area contributed by atoms with Gasteiger partial charge in [-0.15, -0.1) is 0 Å². The molecule has 3 amide bonds. The summed E-state index contributed by atoms with van der Waals surface area (Å²) in [5.74, 6) is -0.862. The third-order valence-corrected chi connectivity index (χ3v) is 6.95. The molecular formula is C34H45N3O4. The Hall–Kier alpha value is -3.87. The maximum atomic E-state index is 14.3. The van der Waals surface area contributed by atoms with Crippen molar-refractivity contribution in [3.8, 4) is 0 Å². The number of hydrogen-bond acceptors (Lipinski definition) is 4. The summed E-state index contributed by atoms with van der Waals surface area (Å²) in [5.41, 5.74) is 2.60. The summed E-state index contributed by atoms with van der Waals surface area (Å²) in [4.78, 5) is 42.9. The second-order valence-corrected chi connectivity index (χ2v) is 12.1. The SMILES string of the molecule is CCCCN(C(=O)C(NC(=O)OC(C)(C)C)C(C)C)C(C(=O)Nc1ccc2ccccc2c1)c1cc(C)ccc1C. The van der Waals surface area contributed by atoms with E-state index in [1.165, 1.54) is 0 Å². The van der Waals surface area contributed by atoms with E-state index in [2.05, 4.69) is 10.6 Å². The Bertz CT molecular complexity index is 1380. The average Bonchev–Trinajstić information content (AvgIpc) is 2.89. The molecule has 0 bridgehead atoms. The maximum absolute atomic E-state index is 14.3. The summed E-state index contributed by atoms with van der Waals surface area (Å²) in [6.07, 6.45) is 0.874. The molecule has 0 saturated heterocycles. The first-order valence-corrected chi connectivity index (χ1v) is 14.5. The number of carbonyl (C=O) groups excluding carboxylic acids is 3. The van der Waals surface area contributed by atoms with E-state index < -0.39 is 23.8 Å². The minimum absolute atomic E-state index is 0.234. The topological polar surface area (TPSA) is 87.7 Å². The number of alkyl carbamates (subject to hydrolysis) is 1. The minimum atomic E-state index is -0.901. The minimum Gasteiger partial charge on any atom is -0.444 e. The Morgan fingerprint density at radius 3 is 2.24 bits per heavy atom. The van der Waals surface area contributed by atoms with E-state index in [-0.39, 0.29) is 17.7 Å². The molecule has 2 unspecified atom stereocenters. The molecule has 0 aliphatic rings. The molecule has 2 N–H and O–H groups in total. The van der Waals surface area contributed by atoms with E-state index >= 15 is 0 Å². The van der Waals surface area contributed by atoms with Gasteiger partial charge in [0.15, 0.2) is 0 Å². The number of nitrogens with zero attached hydrogens (tertiary/aromatic N) is 1. The second kappa shape index (κ2) is 13.7. The van der Waals surface area contributed by atoms with Gasteiger partial charge < -0.3 is 20.3 Å². The molecule has 0 aliphatic heterocycles. The lowest BCUT2D eigenvalue weighted by Crippen LogP contribution is -2.54. The van der Waals surface area contributed by atoms with Crippen molar-refractivity contribution in [2.24, 2.45) is 5.92 Å². The van der Waals surface area contributed by atoms with Crippen molar-refractivity contribution >= 4 is 34.4 Å². The number of fused-ring (bicyclic) bond motifs is 1. The van der Waals surface area contributed by atoms with E-state index in [1.807, 2.05) is 95.3 Å². The Kier molecular flexibility index (Phi) is 10.5. The number of unbranched alkanes of at least 4 members (excludes halogenated alkanes) is 1.